The minimum absolute atomic E-state index is 0.126. The van der Waals surface area contributed by atoms with Crippen molar-refractivity contribution >= 4 is 11.7 Å². The molecule has 1 heterocycles. The summed E-state index contributed by atoms with van der Waals surface area (Å²) in [6.07, 6.45) is 2.20. The fourth-order valence-corrected chi connectivity index (χ4v) is 3.06. The van der Waals surface area contributed by atoms with E-state index in [9.17, 15) is 18.7 Å². The zero-order valence-corrected chi connectivity index (χ0v) is 14.1. The molecule has 2 atom stereocenters. The van der Waals surface area contributed by atoms with Crippen LogP contribution in [0.2, 0.25) is 0 Å². The molecule has 0 spiro atoms. The summed E-state index contributed by atoms with van der Waals surface area (Å²) < 4.78 is 26.8. The third-order valence-electron chi connectivity index (χ3n) is 4.34. The highest BCUT2D eigenvalue weighted by Gasteiger charge is 2.29. The van der Waals surface area contributed by atoms with Gasteiger partial charge in [0.2, 0.25) is 0 Å². The Kier molecular flexibility index (Phi) is 5.99. The maximum absolute atomic E-state index is 13.8. The largest absolute Gasteiger partial charge is 0.394 e. The molecule has 0 aromatic heterocycles. The Morgan fingerprint density at radius 3 is 2.83 bits per heavy atom. The molecular weight excluding hydrogens is 316 g/mol. The molecule has 1 saturated heterocycles. The second kappa shape index (κ2) is 7.79. The van der Waals surface area contributed by atoms with Gasteiger partial charge in [-0.3, -0.25) is 0 Å². The number of carbonyl (C=O) groups is 1. The number of benzene rings is 1. The van der Waals surface area contributed by atoms with Crippen LogP contribution in [0, 0.1) is 11.6 Å². The monoisotopic (exact) mass is 341 g/mol. The van der Waals surface area contributed by atoms with E-state index in [1.807, 2.05) is 6.92 Å². The van der Waals surface area contributed by atoms with Crippen molar-refractivity contribution in [1.29, 1.82) is 0 Å². The number of carbonyl (C=O) groups excluding carboxylic acids is 1. The lowest BCUT2D eigenvalue weighted by atomic mass is 9.97. The standard InChI is InChI=1S/C17H25F2N3O2/c1-3-7-17(2,11-23)21-16(24)20-13-6-8-22(10-13)15-5-4-12(18)9-14(15)19/h4-5,9,13,23H,3,6-8,10-11H2,1-2H3,(H2,20,21,24). The average molecular weight is 341 g/mol. The normalized spacial score (nSPS) is 19.9. The molecule has 3 N–H and O–H groups in total. The fourth-order valence-electron chi connectivity index (χ4n) is 3.06. The predicted molar refractivity (Wildman–Crippen MR) is 89.0 cm³/mol. The second-order valence-electron chi connectivity index (χ2n) is 6.59. The van der Waals surface area contributed by atoms with E-state index in [0.717, 1.165) is 12.5 Å². The van der Waals surface area contributed by atoms with Crippen molar-refractivity contribution < 1.29 is 18.7 Å². The van der Waals surface area contributed by atoms with Gasteiger partial charge in [0, 0.05) is 25.2 Å². The highest BCUT2D eigenvalue weighted by molar-refractivity contribution is 5.75. The van der Waals surface area contributed by atoms with Crippen LogP contribution in [0.25, 0.3) is 0 Å². The van der Waals surface area contributed by atoms with Gasteiger partial charge in [0.1, 0.15) is 11.6 Å². The molecule has 5 nitrogen and oxygen atoms in total. The molecule has 2 amide bonds. The van der Waals surface area contributed by atoms with Crippen LogP contribution in [0.3, 0.4) is 0 Å². The smallest absolute Gasteiger partial charge is 0.315 e. The van der Waals surface area contributed by atoms with Crippen LogP contribution in [0.5, 0.6) is 0 Å². The molecule has 0 saturated carbocycles. The number of halogens is 2. The molecule has 7 heteroatoms. The summed E-state index contributed by atoms with van der Waals surface area (Å²) >= 11 is 0. The third-order valence-corrected chi connectivity index (χ3v) is 4.34. The Labute approximate surface area is 141 Å². The van der Waals surface area contributed by atoms with Gasteiger partial charge in [-0.25, -0.2) is 13.6 Å². The molecule has 24 heavy (non-hydrogen) atoms. The molecule has 0 bridgehead atoms. The quantitative estimate of drug-likeness (QED) is 0.744. The molecule has 2 rings (SSSR count). The maximum Gasteiger partial charge on any atom is 0.315 e. The summed E-state index contributed by atoms with van der Waals surface area (Å²) in [5, 5.41) is 15.1. The Morgan fingerprint density at radius 2 is 2.21 bits per heavy atom. The Hall–Kier alpha value is -1.89. The van der Waals surface area contributed by atoms with Crippen molar-refractivity contribution in [3.63, 3.8) is 0 Å². The molecular formula is C17H25F2N3O2. The summed E-state index contributed by atoms with van der Waals surface area (Å²) in [6.45, 7) is 4.69. The summed E-state index contributed by atoms with van der Waals surface area (Å²) in [4.78, 5) is 13.9. The number of hydrogen-bond acceptors (Lipinski definition) is 3. The van der Waals surface area contributed by atoms with Gasteiger partial charge in [-0.2, -0.15) is 0 Å². The van der Waals surface area contributed by atoms with Gasteiger partial charge in [0.15, 0.2) is 0 Å². The molecule has 2 unspecified atom stereocenters. The molecule has 0 radical (unpaired) electrons. The number of hydrogen-bond donors (Lipinski definition) is 3. The van der Waals surface area contributed by atoms with Crippen molar-refractivity contribution in [1.82, 2.24) is 10.6 Å². The number of rotatable bonds is 6. The molecule has 0 aliphatic carbocycles. The van der Waals surface area contributed by atoms with E-state index in [4.69, 9.17) is 0 Å². The van der Waals surface area contributed by atoms with E-state index < -0.39 is 17.2 Å². The minimum Gasteiger partial charge on any atom is -0.394 e. The fraction of sp³-hybridized carbons (Fsp3) is 0.588. The molecule has 1 aromatic carbocycles. The van der Waals surface area contributed by atoms with Crippen LogP contribution >= 0.6 is 0 Å². The van der Waals surface area contributed by atoms with Gasteiger partial charge in [0.25, 0.3) is 0 Å². The first-order chi connectivity index (χ1) is 11.4. The number of nitrogens with one attached hydrogen (secondary N) is 2. The van der Waals surface area contributed by atoms with Crippen LogP contribution in [0.15, 0.2) is 18.2 Å². The van der Waals surface area contributed by atoms with Crippen molar-refractivity contribution in [2.45, 2.75) is 44.7 Å². The first kappa shape index (κ1) is 18.4. The summed E-state index contributed by atoms with van der Waals surface area (Å²) in [7, 11) is 0. The van der Waals surface area contributed by atoms with Gasteiger partial charge < -0.3 is 20.6 Å². The topological polar surface area (TPSA) is 64.6 Å². The number of amides is 2. The first-order valence-corrected chi connectivity index (χ1v) is 8.26. The summed E-state index contributed by atoms with van der Waals surface area (Å²) in [5.41, 5.74) is -0.313. The van der Waals surface area contributed by atoms with Gasteiger partial charge >= 0.3 is 6.03 Å². The predicted octanol–water partition coefficient (Wildman–Crippen LogP) is 2.39. The van der Waals surface area contributed by atoms with E-state index in [0.29, 0.717) is 31.6 Å². The van der Waals surface area contributed by atoms with Crippen molar-refractivity contribution in [3.8, 4) is 0 Å². The van der Waals surface area contributed by atoms with Crippen LogP contribution in [-0.2, 0) is 0 Å². The summed E-state index contributed by atoms with van der Waals surface area (Å²) in [5.74, 6) is -1.21. The summed E-state index contributed by atoms with van der Waals surface area (Å²) in [6, 6.07) is 3.03. The Morgan fingerprint density at radius 1 is 1.46 bits per heavy atom. The van der Waals surface area contributed by atoms with Crippen LogP contribution in [-0.4, -0.2) is 42.4 Å². The van der Waals surface area contributed by atoms with E-state index in [-0.39, 0.29) is 18.7 Å². The molecule has 1 aliphatic heterocycles. The molecule has 1 fully saturated rings. The maximum atomic E-state index is 13.8. The number of anilines is 1. The SMILES string of the molecule is CCCC(C)(CO)NC(=O)NC1CCN(c2ccc(F)cc2F)C1. The number of urea groups is 1. The lowest BCUT2D eigenvalue weighted by Gasteiger charge is -2.29. The van der Waals surface area contributed by atoms with Crippen molar-refractivity contribution in [2.24, 2.45) is 0 Å². The number of aliphatic hydroxyl groups excluding tert-OH is 1. The van der Waals surface area contributed by atoms with Gasteiger partial charge in [-0.05, 0) is 31.9 Å². The average Bonchev–Trinajstić information content (AvgIpc) is 2.95. The van der Waals surface area contributed by atoms with Crippen molar-refractivity contribution in [3.05, 3.63) is 29.8 Å². The Balaban J connectivity index is 1.90. The van der Waals surface area contributed by atoms with Gasteiger partial charge in [0.05, 0.1) is 17.8 Å². The molecule has 1 aromatic rings. The van der Waals surface area contributed by atoms with Gasteiger partial charge in [-0.15, -0.1) is 0 Å². The Bertz CT molecular complexity index is 585. The minimum atomic E-state index is -0.653. The third kappa shape index (κ3) is 4.56. The van der Waals surface area contributed by atoms with E-state index in [1.54, 1.807) is 11.8 Å². The number of nitrogens with zero attached hydrogens (tertiary/aromatic N) is 1. The molecule has 134 valence electrons. The zero-order chi connectivity index (χ0) is 17.7. The lowest BCUT2D eigenvalue weighted by molar-refractivity contribution is 0.162. The number of aliphatic hydroxyl groups is 1. The van der Waals surface area contributed by atoms with Crippen molar-refractivity contribution in [2.75, 3.05) is 24.6 Å². The van der Waals surface area contributed by atoms with Crippen LogP contribution in [0.4, 0.5) is 19.3 Å². The lowest BCUT2D eigenvalue weighted by Crippen LogP contribution is -2.54. The van der Waals surface area contributed by atoms with Gasteiger partial charge in [-0.1, -0.05) is 13.3 Å². The highest BCUT2D eigenvalue weighted by Crippen LogP contribution is 2.24. The van der Waals surface area contributed by atoms with E-state index >= 15 is 0 Å². The van der Waals surface area contributed by atoms with Crippen LogP contribution in [0.1, 0.15) is 33.1 Å². The second-order valence-corrected chi connectivity index (χ2v) is 6.59. The highest BCUT2D eigenvalue weighted by atomic mass is 19.1. The molecule has 1 aliphatic rings. The van der Waals surface area contributed by atoms with Crippen LogP contribution < -0.4 is 15.5 Å². The first-order valence-electron chi connectivity index (χ1n) is 8.26. The van der Waals surface area contributed by atoms with E-state index in [1.165, 1.54) is 12.1 Å². The zero-order valence-electron chi connectivity index (χ0n) is 14.1. The van der Waals surface area contributed by atoms with E-state index in [2.05, 4.69) is 10.6 Å².